The van der Waals surface area contributed by atoms with Crippen LogP contribution in [0.4, 0.5) is 0 Å². The second-order valence-electron chi connectivity index (χ2n) is 13.8. The molecule has 0 fully saturated rings. The molecule has 13 nitrogen and oxygen atoms in total. The molecule has 0 saturated carbocycles. The Labute approximate surface area is 350 Å². The smallest absolute Gasteiger partial charge is 0.320 e. The van der Waals surface area contributed by atoms with Crippen molar-refractivity contribution in [3.8, 4) is 0 Å². The van der Waals surface area contributed by atoms with Crippen LogP contribution in [0, 0.1) is 0 Å². The zero-order valence-corrected chi connectivity index (χ0v) is 33.5. The highest BCUT2D eigenvalue weighted by Crippen LogP contribution is 2.23. The van der Waals surface area contributed by atoms with Gasteiger partial charge in [0.2, 0.25) is 0 Å². The van der Waals surface area contributed by atoms with Gasteiger partial charge < -0.3 is 43.4 Å². The monoisotopic (exact) mass is 831 g/mol. The van der Waals surface area contributed by atoms with E-state index >= 15 is 0 Å². The van der Waals surface area contributed by atoms with Crippen LogP contribution in [-0.2, 0) is 44.9 Å². The first-order valence-electron chi connectivity index (χ1n) is 19.0. The molecule has 0 unspecified atom stereocenters. The number of thiazole rings is 1. The summed E-state index contributed by atoms with van der Waals surface area (Å²) in [6.45, 7) is 0. The zero-order chi connectivity index (χ0) is 43.6. The molecule has 14 heteroatoms. The van der Waals surface area contributed by atoms with Gasteiger partial charge >= 0.3 is 23.9 Å². The lowest BCUT2D eigenvalue weighted by molar-refractivity contribution is -0.139. The molecule has 12 N–H and O–H groups in total. The minimum atomic E-state index is -0.991. The lowest BCUT2D eigenvalue weighted by atomic mass is 9.99. The number of hydrogen-bond donors (Lipinski definition) is 8. The highest BCUT2D eigenvalue weighted by Gasteiger charge is 2.16. The van der Waals surface area contributed by atoms with E-state index in [0.717, 1.165) is 53.5 Å². The predicted octanol–water partition coefficient (Wildman–Crippen LogP) is 5.87. The number of fused-ring (bicyclic) bond motifs is 3. The predicted molar refractivity (Wildman–Crippen MR) is 236 cm³/mol. The van der Waals surface area contributed by atoms with Crippen LogP contribution in [0.25, 0.3) is 31.8 Å². The highest BCUT2D eigenvalue weighted by molar-refractivity contribution is 7.18. The Bertz CT molecular complexity index is 2450. The number of carboxylic acid groups (broad SMARTS) is 4. The van der Waals surface area contributed by atoms with Crippen LogP contribution >= 0.6 is 11.3 Å². The summed E-state index contributed by atoms with van der Waals surface area (Å²) in [5, 5.41) is 39.9. The molecule has 0 bridgehead atoms. The largest absolute Gasteiger partial charge is 0.480 e. The van der Waals surface area contributed by atoms with Gasteiger partial charge in [-0.3, -0.25) is 19.2 Å². The standard InChI is InChI=1S/2C13H13NO2.C10H10N2O2S.C10H13NO2/c14-12(13(15)16)8-10-6-3-5-9-4-1-2-7-11(9)10;14-12(13(15)16)8-9-5-6-10-3-1-2-4-11(10)7-9;11-6(10(13)14)5-9-12-7-3-1-2-4-8(7)15-9;11-9(10(12)13)7-6-8-4-2-1-3-5-8/h2*1-7,12H,8,14H2,(H,15,16);1-4,6H,5,11H2,(H,13,14);1-5,9H,6-7,11H2,(H,12,13)/t2*12-;6-;9-/m0000/s1. The molecule has 60 heavy (non-hydrogen) atoms. The second-order valence-corrected chi connectivity index (χ2v) is 14.9. The fourth-order valence-corrected chi connectivity index (χ4v) is 6.90. The van der Waals surface area contributed by atoms with E-state index in [2.05, 4.69) is 4.98 Å². The van der Waals surface area contributed by atoms with E-state index in [1.807, 2.05) is 140 Å². The number of rotatable bonds is 13. The van der Waals surface area contributed by atoms with Crippen LogP contribution in [0.1, 0.15) is 28.1 Å². The van der Waals surface area contributed by atoms with Gasteiger partial charge in [-0.15, -0.1) is 11.3 Å². The zero-order valence-electron chi connectivity index (χ0n) is 32.7. The molecular formula is C46H49N5O8S. The lowest BCUT2D eigenvalue weighted by Gasteiger charge is -2.09. The van der Waals surface area contributed by atoms with Crippen LogP contribution in [0.15, 0.2) is 140 Å². The molecule has 0 amide bonds. The van der Waals surface area contributed by atoms with Crippen LogP contribution in [0.3, 0.4) is 0 Å². The van der Waals surface area contributed by atoms with E-state index in [0.29, 0.717) is 25.7 Å². The summed E-state index contributed by atoms with van der Waals surface area (Å²) in [7, 11) is 0. The first kappa shape index (κ1) is 46.1. The molecular weight excluding hydrogens is 783 g/mol. The van der Waals surface area contributed by atoms with Crippen LogP contribution in [0.5, 0.6) is 0 Å². The highest BCUT2D eigenvalue weighted by atomic mass is 32.1. The van der Waals surface area contributed by atoms with E-state index in [9.17, 15) is 19.2 Å². The van der Waals surface area contributed by atoms with Crippen LogP contribution in [-0.4, -0.2) is 73.5 Å². The summed E-state index contributed by atoms with van der Waals surface area (Å²) in [4.78, 5) is 46.6. The van der Waals surface area contributed by atoms with Crippen LogP contribution in [0.2, 0.25) is 0 Å². The number of para-hydroxylation sites is 1. The third-order valence-electron chi connectivity index (χ3n) is 9.18. The van der Waals surface area contributed by atoms with Crippen molar-refractivity contribution in [1.29, 1.82) is 0 Å². The fourth-order valence-electron chi connectivity index (χ4n) is 5.87. The van der Waals surface area contributed by atoms with Crippen molar-refractivity contribution in [3.63, 3.8) is 0 Å². The molecule has 1 aromatic heterocycles. The number of aryl methyl sites for hydroxylation is 1. The van der Waals surface area contributed by atoms with Gasteiger partial charge in [0.25, 0.3) is 0 Å². The Kier molecular flexibility index (Phi) is 17.8. The van der Waals surface area contributed by atoms with E-state index in [4.69, 9.17) is 43.4 Å². The number of carboxylic acids is 4. The molecule has 0 saturated heterocycles. The summed E-state index contributed by atoms with van der Waals surface area (Å²) in [6, 6.07) is 41.7. The molecule has 6 aromatic carbocycles. The maximum atomic E-state index is 10.7. The summed E-state index contributed by atoms with van der Waals surface area (Å²) in [6.07, 6.45) is 2.21. The topological polar surface area (TPSA) is 266 Å². The molecule has 312 valence electrons. The van der Waals surface area contributed by atoms with Gasteiger partial charge in [0.15, 0.2) is 0 Å². The quantitative estimate of drug-likeness (QED) is 0.0677. The molecule has 0 aliphatic heterocycles. The van der Waals surface area contributed by atoms with Gasteiger partial charge in [0, 0.05) is 6.42 Å². The van der Waals surface area contributed by atoms with E-state index in [1.54, 1.807) is 0 Å². The first-order chi connectivity index (χ1) is 28.7. The van der Waals surface area contributed by atoms with Crippen molar-refractivity contribution < 1.29 is 39.6 Å². The molecule has 4 atom stereocenters. The van der Waals surface area contributed by atoms with Gasteiger partial charge in [-0.1, -0.05) is 127 Å². The fraction of sp³-hybridized carbons (Fsp3) is 0.196. The van der Waals surface area contributed by atoms with Gasteiger partial charge in [0.1, 0.15) is 24.2 Å². The summed E-state index contributed by atoms with van der Waals surface area (Å²) in [5.41, 5.74) is 25.8. The number of hydrogen-bond acceptors (Lipinski definition) is 10. The summed E-state index contributed by atoms with van der Waals surface area (Å²) in [5.74, 6) is -3.86. The Morgan fingerprint density at radius 1 is 0.500 bits per heavy atom. The molecule has 0 radical (unpaired) electrons. The minimum absolute atomic E-state index is 0.286. The van der Waals surface area contributed by atoms with Crippen molar-refractivity contribution in [1.82, 2.24) is 4.98 Å². The lowest BCUT2D eigenvalue weighted by Crippen LogP contribution is -2.32. The molecule has 0 spiro atoms. The molecule has 7 aromatic rings. The Balaban J connectivity index is 0.000000177. The Hall–Kier alpha value is -6.55. The number of nitrogens with zero attached hydrogens (tertiary/aromatic N) is 1. The molecule has 7 rings (SSSR count). The average Bonchev–Trinajstić information content (AvgIpc) is 3.66. The number of benzene rings is 6. The Morgan fingerprint density at radius 3 is 1.68 bits per heavy atom. The maximum Gasteiger partial charge on any atom is 0.320 e. The maximum absolute atomic E-state index is 10.7. The number of carbonyl (C=O) groups is 4. The number of aliphatic carboxylic acids is 4. The van der Waals surface area contributed by atoms with Crippen molar-refractivity contribution in [2.24, 2.45) is 22.9 Å². The average molecular weight is 832 g/mol. The number of nitrogens with two attached hydrogens (primary N) is 4. The van der Waals surface area contributed by atoms with E-state index < -0.39 is 48.0 Å². The van der Waals surface area contributed by atoms with Gasteiger partial charge in [-0.25, -0.2) is 4.98 Å². The summed E-state index contributed by atoms with van der Waals surface area (Å²) >= 11 is 1.49. The van der Waals surface area contributed by atoms with E-state index in [1.165, 1.54) is 11.3 Å². The Morgan fingerprint density at radius 2 is 1.03 bits per heavy atom. The van der Waals surface area contributed by atoms with E-state index in [-0.39, 0.29) is 6.42 Å². The SMILES string of the molecule is N[C@@H](CCc1ccccc1)C(=O)O.N[C@@H](Cc1ccc2ccccc2c1)C(=O)O.N[C@@H](Cc1cccc2ccccc12)C(=O)O.N[C@@H](Cc1nc2ccccc2s1)C(=O)O. The van der Waals surface area contributed by atoms with Crippen molar-refractivity contribution >= 4 is 67.0 Å². The van der Waals surface area contributed by atoms with Gasteiger partial charge in [-0.2, -0.15) is 0 Å². The summed E-state index contributed by atoms with van der Waals surface area (Å²) < 4.78 is 1.06. The molecule has 1 heterocycles. The third kappa shape index (κ3) is 14.7. The first-order valence-corrected chi connectivity index (χ1v) is 19.8. The van der Waals surface area contributed by atoms with Crippen LogP contribution < -0.4 is 22.9 Å². The normalized spacial score (nSPS) is 12.6. The number of aromatic nitrogens is 1. The second kappa shape index (κ2) is 23.1. The molecule has 0 aliphatic rings. The van der Waals surface area contributed by atoms with Gasteiger partial charge in [0.05, 0.1) is 15.2 Å². The third-order valence-corrected chi connectivity index (χ3v) is 10.2. The van der Waals surface area contributed by atoms with Crippen molar-refractivity contribution in [3.05, 3.63) is 161 Å². The minimum Gasteiger partial charge on any atom is -0.480 e. The van der Waals surface area contributed by atoms with Gasteiger partial charge in [-0.05, 0) is 76.1 Å². The van der Waals surface area contributed by atoms with Crippen molar-refractivity contribution in [2.45, 2.75) is 56.3 Å². The molecule has 0 aliphatic carbocycles. The van der Waals surface area contributed by atoms with Crippen molar-refractivity contribution in [2.75, 3.05) is 0 Å².